The maximum absolute atomic E-state index is 12.2. The van der Waals surface area contributed by atoms with Crippen molar-refractivity contribution in [2.75, 3.05) is 6.54 Å². The van der Waals surface area contributed by atoms with E-state index in [2.05, 4.69) is 29.4 Å². The van der Waals surface area contributed by atoms with Crippen molar-refractivity contribution < 1.29 is 13.2 Å². The number of H-pyrrole nitrogens is 1. The molecule has 8 heteroatoms. The third-order valence-corrected chi connectivity index (χ3v) is 4.92. The second kappa shape index (κ2) is 6.15. The van der Waals surface area contributed by atoms with Gasteiger partial charge in [0.15, 0.2) is 5.69 Å². The average molecular weight is 314 g/mol. The molecule has 1 aliphatic rings. The molecule has 1 amide bonds. The number of aromatic amines is 1. The molecule has 0 aliphatic heterocycles. The Morgan fingerprint density at radius 1 is 1.43 bits per heavy atom. The molecule has 0 spiro atoms. The van der Waals surface area contributed by atoms with E-state index < -0.39 is 15.9 Å². The zero-order valence-electron chi connectivity index (χ0n) is 12.3. The fraction of sp³-hybridized carbons (Fsp3) is 0.692. The van der Waals surface area contributed by atoms with E-state index in [1.54, 1.807) is 0 Å². The van der Waals surface area contributed by atoms with E-state index in [-0.39, 0.29) is 16.5 Å². The highest BCUT2D eigenvalue weighted by Crippen LogP contribution is 2.42. The lowest BCUT2D eigenvalue weighted by Crippen LogP contribution is -2.31. The van der Waals surface area contributed by atoms with E-state index in [1.165, 1.54) is 0 Å². The molecule has 1 heterocycles. The van der Waals surface area contributed by atoms with E-state index in [0.29, 0.717) is 18.2 Å². The van der Waals surface area contributed by atoms with Gasteiger partial charge in [0.25, 0.3) is 5.91 Å². The molecule has 0 atom stereocenters. The normalized spacial score (nSPS) is 15.4. The second-order valence-corrected chi connectivity index (χ2v) is 7.03. The topological polar surface area (TPSA) is 118 Å². The Morgan fingerprint density at radius 2 is 2.05 bits per heavy atom. The third kappa shape index (κ3) is 3.62. The lowest BCUT2D eigenvalue weighted by atomic mass is 10.0. The minimum atomic E-state index is -3.98. The van der Waals surface area contributed by atoms with Crippen molar-refractivity contribution in [1.29, 1.82) is 0 Å². The number of hydrogen-bond donors (Lipinski definition) is 3. The minimum Gasteiger partial charge on any atom is -0.350 e. The number of sulfonamides is 1. The lowest BCUT2D eigenvalue weighted by Gasteiger charge is -2.12. The molecule has 1 aromatic heterocycles. The quantitative estimate of drug-likeness (QED) is 0.698. The Balaban J connectivity index is 2.21. The van der Waals surface area contributed by atoms with Crippen LogP contribution in [-0.2, 0) is 10.0 Å². The third-order valence-electron chi connectivity index (χ3n) is 3.94. The smallest absolute Gasteiger partial charge is 0.273 e. The van der Waals surface area contributed by atoms with Crippen LogP contribution in [-0.4, -0.2) is 31.1 Å². The summed E-state index contributed by atoms with van der Waals surface area (Å²) in [5.74, 6) is -0.00536. The summed E-state index contributed by atoms with van der Waals surface area (Å²) in [6.07, 6.45) is 3.68. The molecule has 1 saturated carbocycles. The van der Waals surface area contributed by atoms with Gasteiger partial charge in [-0.15, -0.1) is 0 Å². The molecule has 7 nitrogen and oxygen atoms in total. The molecular formula is C13H22N4O3S. The first-order valence-corrected chi connectivity index (χ1v) is 8.82. The van der Waals surface area contributed by atoms with E-state index in [4.69, 9.17) is 5.14 Å². The van der Waals surface area contributed by atoms with Gasteiger partial charge >= 0.3 is 0 Å². The van der Waals surface area contributed by atoms with Gasteiger partial charge in [0, 0.05) is 12.5 Å². The standard InChI is InChI=1S/C13H22N4O3S/c1-3-8(4-2)7-15-13(18)11-12(21(14,19)20)10(16-17-11)9-5-6-9/h8-9H,3-7H2,1-2H3,(H,15,18)(H,16,17)(H2,14,19,20). The van der Waals surface area contributed by atoms with Gasteiger partial charge in [-0.1, -0.05) is 26.7 Å². The van der Waals surface area contributed by atoms with Crippen molar-refractivity contribution >= 4 is 15.9 Å². The predicted molar refractivity (Wildman–Crippen MR) is 78.3 cm³/mol. The number of carbonyl (C=O) groups excluding carboxylic acids is 1. The van der Waals surface area contributed by atoms with Crippen LogP contribution in [0.2, 0.25) is 0 Å². The van der Waals surface area contributed by atoms with Crippen molar-refractivity contribution in [2.24, 2.45) is 11.1 Å². The molecule has 0 unspecified atom stereocenters. The number of hydrogen-bond acceptors (Lipinski definition) is 4. The summed E-state index contributed by atoms with van der Waals surface area (Å²) in [5.41, 5.74) is 0.343. The van der Waals surface area contributed by atoms with Gasteiger partial charge in [-0.05, 0) is 18.8 Å². The summed E-state index contributed by atoms with van der Waals surface area (Å²) in [4.78, 5) is 12.0. The highest BCUT2D eigenvalue weighted by atomic mass is 32.2. The monoisotopic (exact) mass is 314 g/mol. The van der Waals surface area contributed by atoms with E-state index in [1.807, 2.05) is 0 Å². The first kappa shape index (κ1) is 16.0. The first-order valence-electron chi connectivity index (χ1n) is 7.27. The summed E-state index contributed by atoms with van der Waals surface area (Å²) in [6, 6.07) is 0. The van der Waals surface area contributed by atoms with Gasteiger partial charge in [-0.25, -0.2) is 13.6 Å². The number of amides is 1. The second-order valence-electron chi connectivity index (χ2n) is 5.53. The fourth-order valence-corrected chi connectivity index (χ4v) is 3.26. The number of carbonyl (C=O) groups is 1. The number of nitrogens with zero attached hydrogens (tertiary/aromatic N) is 1. The summed E-state index contributed by atoms with van der Waals surface area (Å²) in [6.45, 7) is 4.60. The molecule has 0 radical (unpaired) electrons. The van der Waals surface area contributed by atoms with Crippen LogP contribution >= 0.6 is 0 Å². The Bertz CT molecular complexity index is 615. The summed E-state index contributed by atoms with van der Waals surface area (Å²) >= 11 is 0. The van der Waals surface area contributed by atoms with Crippen molar-refractivity contribution in [1.82, 2.24) is 15.5 Å². The van der Waals surface area contributed by atoms with Crippen LogP contribution in [0.25, 0.3) is 0 Å². The van der Waals surface area contributed by atoms with E-state index in [0.717, 1.165) is 25.7 Å². The molecule has 21 heavy (non-hydrogen) atoms. The zero-order valence-corrected chi connectivity index (χ0v) is 13.2. The van der Waals surface area contributed by atoms with Crippen LogP contribution in [0, 0.1) is 5.92 Å². The molecule has 1 aliphatic carbocycles. The minimum absolute atomic E-state index is 0.117. The molecule has 0 aromatic carbocycles. The van der Waals surface area contributed by atoms with Crippen molar-refractivity contribution in [2.45, 2.75) is 50.3 Å². The number of aromatic nitrogens is 2. The first-order chi connectivity index (χ1) is 9.88. The van der Waals surface area contributed by atoms with Crippen molar-refractivity contribution in [3.63, 3.8) is 0 Å². The van der Waals surface area contributed by atoms with Gasteiger partial charge in [0.05, 0.1) is 5.69 Å². The van der Waals surface area contributed by atoms with Crippen LogP contribution in [0.4, 0.5) is 0 Å². The Hall–Kier alpha value is -1.41. The van der Waals surface area contributed by atoms with Crippen molar-refractivity contribution in [3.05, 3.63) is 11.4 Å². The maximum atomic E-state index is 12.2. The van der Waals surface area contributed by atoms with Gasteiger partial charge in [0.1, 0.15) is 4.90 Å². The van der Waals surface area contributed by atoms with Gasteiger partial charge < -0.3 is 5.32 Å². The maximum Gasteiger partial charge on any atom is 0.273 e. The molecule has 0 saturated heterocycles. The van der Waals surface area contributed by atoms with Gasteiger partial charge in [-0.2, -0.15) is 5.10 Å². The van der Waals surface area contributed by atoms with Crippen molar-refractivity contribution in [3.8, 4) is 0 Å². The Labute approximate surface area is 124 Å². The highest BCUT2D eigenvalue weighted by molar-refractivity contribution is 7.89. The Morgan fingerprint density at radius 3 is 2.52 bits per heavy atom. The van der Waals surface area contributed by atoms with Crippen LogP contribution in [0.5, 0.6) is 0 Å². The fourth-order valence-electron chi connectivity index (χ4n) is 2.33. The largest absolute Gasteiger partial charge is 0.350 e. The predicted octanol–water partition coefficient (Wildman–Crippen LogP) is 1.10. The number of rotatable bonds is 7. The molecule has 1 aromatic rings. The molecule has 118 valence electrons. The number of primary sulfonamides is 1. The molecular weight excluding hydrogens is 292 g/mol. The molecule has 2 rings (SSSR count). The van der Waals surface area contributed by atoms with Gasteiger partial charge in [-0.3, -0.25) is 9.89 Å². The summed E-state index contributed by atoms with van der Waals surface area (Å²) in [5, 5.41) is 14.5. The van der Waals surface area contributed by atoms with Crippen LogP contribution in [0.15, 0.2) is 4.90 Å². The Kier molecular flexibility index (Phi) is 4.67. The molecule has 4 N–H and O–H groups in total. The molecule has 1 fully saturated rings. The summed E-state index contributed by atoms with van der Waals surface area (Å²) < 4.78 is 23.5. The van der Waals surface area contributed by atoms with Crippen LogP contribution < -0.4 is 10.5 Å². The van der Waals surface area contributed by atoms with E-state index in [9.17, 15) is 13.2 Å². The lowest BCUT2D eigenvalue weighted by molar-refractivity contribution is 0.0938. The SMILES string of the molecule is CCC(CC)CNC(=O)c1n[nH]c(C2CC2)c1S(N)(=O)=O. The van der Waals surface area contributed by atoms with Crippen LogP contribution in [0.1, 0.15) is 61.6 Å². The summed E-state index contributed by atoms with van der Waals surface area (Å²) in [7, 11) is -3.98. The molecule has 0 bridgehead atoms. The number of nitrogens with one attached hydrogen (secondary N) is 2. The van der Waals surface area contributed by atoms with Crippen LogP contribution in [0.3, 0.4) is 0 Å². The highest BCUT2D eigenvalue weighted by Gasteiger charge is 2.35. The van der Waals surface area contributed by atoms with Gasteiger partial charge in [0.2, 0.25) is 10.0 Å². The van der Waals surface area contributed by atoms with E-state index >= 15 is 0 Å². The number of nitrogens with two attached hydrogens (primary N) is 1. The zero-order chi connectivity index (χ0) is 15.6. The average Bonchev–Trinajstić information content (AvgIpc) is 3.16.